The molecule has 0 saturated carbocycles. The van der Waals surface area contributed by atoms with Gasteiger partial charge in [-0.1, -0.05) is 165 Å². The number of hydrogen-bond acceptors (Lipinski definition) is 0. The van der Waals surface area contributed by atoms with Gasteiger partial charge in [-0.3, -0.25) is 0 Å². The molecule has 0 bridgehead atoms. The summed E-state index contributed by atoms with van der Waals surface area (Å²) in [5.41, 5.74) is 32.9. The van der Waals surface area contributed by atoms with Crippen LogP contribution >= 0.6 is 0 Å². The molecule has 1 unspecified atom stereocenters. The Bertz CT molecular complexity index is 4550. The van der Waals surface area contributed by atoms with Gasteiger partial charge >= 0.3 is 0 Å². The summed E-state index contributed by atoms with van der Waals surface area (Å²) in [6.45, 7) is 2.53. The Hall–Kier alpha value is -6.18. The van der Waals surface area contributed by atoms with Crippen molar-refractivity contribution in [2.24, 2.45) is 0 Å². The van der Waals surface area contributed by atoms with E-state index >= 15 is 0 Å². The van der Waals surface area contributed by atoms with Crippen molar-refractivity contribution in [1.29, 1.82) is 0 Å². The average molecular weight is 962 g/mol. The first-order chi connectivity index (χ1) is 36.5. The molecule has 0 saturated heterocycles. The molecule has 1 aliphatic rings. The van der Waals surface area contributed by atoms with Crippen LogP contribution in [0.25, 0.3) is 120 Å². The van der Waals surface area contributed by atoms with E-state index in [9.17, 15) is 0 Å². The third kappa shape index (κ3) is 6.53. The molecule has 0 nitrogen and oxygen atoms in total. The van der Waals surface area contributed by atoms with Gasteiger partial charge in [-0.2, -0.15) is 0 Å². The summed E-state index contributed by atoms with van der Waals surface area (Å²) < 4.78 is 0. The van der Waals surface area contributed by atoms with Gasteiger partial charge < -0.3 is 0 Å². The van der Waals surface area contributed by atoms with Gasteiger partial charge in [0, 0.05) is 0 Å². The molecule has 0 heterocycles. The van der Waals surface area contributed by atoms with Crippen LogP contribution < -0.4 is 65.6 Å². The Morgan fingerprint density at radius 3 is 1.00 bits per heavy atom. The molecular formula is C60H57B17. The zero-order valence-corrected chi connectivity index (χ0v) is 49.0. The second-order valence-corrected chi connectivity index (χ2v) is 25.9. The predicted octanol–water partition coefficient (Wildman–Crippen LogP) is -9.11. The molecule has 0 aliphatic heterocycles. The number of rotatable bonds is 6. The van der Waals surface area contributed by atoms with Crippen LogP contribution in [0.1, 0.15) is 18.1 Å². The van der Waals surface area contributed by atoms with Crippen molar-refractivity contribution in [2.45, 2.75) is 22.7 Å². The molecule has 0 N–H and O–H groups in total. The molecule has 0 radical (unpaired) electrons. The molecule has 0 spiro atoms. The summed E-state index contributed by atoms with van der Waals surface area (Å²) in [6.07, 6.45) is 0. The highest BCUT2D eigenvalue weighted by atomic mass is 14.5. The highest BCUT2D eigenvalue weighted by Crippen LogP contribution is 2.64. The van der Waals surface area contributed by atoms with E-state index in [4.69, 9.17) is 0 Å². The molecule has 17 heteroatoms. The quantitative estimate of drug-likeness (QED) is 0.115. The molecule has 0 fully saturated rings. The van der Waals surface area contributed by atoms with Crippen LogP contribution in [0.2, 0.25) is 10.3 Å². The summed E-state index contributed by atoms with van der Waals surface area (Å²) in [4.78, 5) is 0. The largest absolute Gasteiger partial charge is 0.140 e. The van der Waals surface area contributed by atoms with E-state index < -0.39 is 0 Å². The number of hydrogen-bond donors (Lipinski definition) is 0. The van der Waals surface area contributed by atoms with Gasteiger partial charge in [-0.05, 0) is 149 Å². The fourth-order valence-electron chi connectivity index (χ4n) is 16.5. The topological polar surface area (TPSA) is 0 Å². The van der Waals surface area contributed by atoms with Crippen LogP contribution in [0.4, 0.5) is 0 Å². The first kappa shape index (κ1) is 50.3. The van der Waals surface area contributed by atoms with E-state index in [2.05, 4.69) is 262 Å². The summed E-state index contributed by atoms with van der Waals surface area (Å²) in [7, 11) is 41.4. The maximum absolute atomic E-state index is 2.69. The summed E-state index contributed by atoms with van der Waals surface area (Å²) in [5, 5.41) is 15.4. The fourth-order valence-corrected chi connectivity index (χ4v) is 16.5. The maximum atomic E-state index is 2.69. The molecule has 1 aliphatic carbocycles. The zero-order chi connectivity index (χ0) is 54.4. The van der Waals surface area contributed by atoms with Crippen molar-refractivity contribution in [3.05, 3.63) is 132 Å². The number of fused-ring (bicyclic) bond motifs is 3. The monoisotopic (exact) mass is 965 g/mol. The smallest absolute Gasteiger partial charge is 0.102 e. The minimum Gasteiger partial charge on any atom is -0.102 e. The average Bonchev–Trinajstić information content (AvgIpc) is 4.04. The van der Waals surface area contributed by atoms with Crippen LogP contribution in [0.15, 0.2) is 121 Å². The van der Waals surface area contributed by atoms with Crippen LogP contribution in [0, 0.1) is 0 Å². The molecule has 77 heavy (non-hydrogen) atoms. The predicted molar refractivity (Wildman–Crippen MR) is 394 cm³/mol. The second-order valence-electron chi connectivity index (χ2n) is 25.9. The van der Waals surface area contributed by atoms with Crippen molar-refractivity contribution in [3.63, 3.8) is 0 Å². The van der Waals surface area contributed by atoms with Crippen LogP contribution in [-0.4, -0.2) is 133 Å². The molecule has 0 amide bonds. The molecule has 348 valence electrons. The van der Waals surface area contributed by atoms with Gasteiger partial charge in [-0.15, -0.1) is 27.3 Å². The van der Waals surface area contributed by atoms with Crippen molar-refractivity contribution in [3.8, 4) is 55.6 Å². The molecular weight excluding hydrogens is 904 g/mol. The third-order valence-electron chi connectivity index (χ3n) is 20.6. The van der Waals surface area contributed by atoms with Crippen LogP contribution in [0.5, 0.6) is 0 Å². The maximum Gasteiger partial charge on any atom is 0.140 e. The Morgan fingerprint density at radius 2 is 0.584 bits per heavy atom. The lowest BCUT2D eigenvalue weighted by Gasteiger charge is -2.56. The van der Waals surface area contributed by atoms with E-state index in [0.29, 0.717) is 0 Å². The normalized spacial score (nSPS) is 14.7. The van der Waals surface area contributed by atoms with Crippen molar-refractivity contribution < 1.29 is 0 Å². The molecule has 0 aromatic heterocycles. The van der Waals surface area contributed by atoms with E-state index in [1.54, 1.807) is 5.56 Å². The minimum atomic E-state index is -0.314. The Balaban J connectivity index is 1.26. The van der Waals surface area contributed by atoms with Crippen molar-refractivity contribution in [2.75, 3.05) is 0 Å². The highest BCUT2D eigenvalue weighted by molar-refractivity contribution is 6.70. The summed E-state index contributed by atoms with van der Waals surface area (Å²) in [5.74, 6) is 0. The van der Waals surface area contributed by atoms with E-state index in [1.807, 2.05) is 0 Å². The van der Waals surface area contributed by atoms with Gasteiger partial charge in [0.05, 0.1) is 23.5 Å². The minimum absolute atomic E-state index is 0.141. The van der Waals surface area contributed by atoms with Crippen molar-refractivity contribution in [1.82, 2.24) is 0 Å². The van der Waals surface area contributed by atoms with Gasteiger partial charge in [0.1, 0.15) is 110 Å². The zero-order valence-electron chi connectivity index (χ0n) is 49.0. The standard InChI is InChI=1S/C60H57B17/c1-58(73,74)59(60(75,76)77)44-42(43-45(59)52(67)56(71)55(70)51(43)66)50(65)47(62)40(46(44)61)34-21-35(41-48(63)53(68)57(72)54(69)49(41)64)33(29-17-13-27-11-9-23-5-3-7-25-15-19-31(29)39(27)37(23)25)20-32(34)28-16-12-26-10-8-22-4-2-6-24-14-18-30(28)38(26)36(22)24/h2-21H,61-77H2,1H3. The van der Waals surface area contributed by atoms with Gasteiger partial charge in [-0.25, -0.2) is 0 Å². The van der Waals surface area contributed by atoms with Crippen LogP contribution in [-0.2, 0) is 5.41 Å². The fraction of sp³-hybridized carbons (Fsp3) is 0.0667. The van der Waals surface area contributed by atoms with E-state index in [0.717, 1.165) is 0 Å². The lowest BCUT2D eigenvalue weighted by Crippen LogP contribution is -2.58. The van der Waals surface area contributed by atoms with Crippen molar-refractivity contribution >= 4 is 264 Å². The summed E-state index contributed by atoms with van der Waals surface area (Å²) in [6, 6.07) is 47.5. The highest BCUT2D eigenvalue weighted by Gasteiger charge is 2.58. The van der Waals surface area contributed by atoms with Gasteiger partial charge in [0.25, 0.3) is 0 Å². The first-order valence-electron chi connectivity index (χ1n) is 28.4. The molecule has 1 atom stereocenters. The summed E-state index contributed by atoms with van der Waals surface area (Å²) >= 11 is 0. The van der Waals surface area contributed by atoms with Crippen LogP contribution in [0.3, 0.4) is 0 Å². The molecule has 12 aromatic rings. The molecule has 13 rings (SSSR count). The second kappa shape index (κ2) is 16.9. The molecule has 12 aromatic carbocycles. The Labute approximate surface area is 471 Å². The SMILES string of the molecule is Bc1c(B)c(B)c(-c2cc(-c3c(B)c(B)c4c(c3B)C(C(B)(B)B)(C(B)(B)C)c3c(B)c(B)c(B)c(B)c3-4)c(-c3ccc4ccc5cccc6ccc3c4c56)cc2-c2ccc3ccc4cccc5ccc2c3c45)c(B)c1B. The Morgan fingerprint density at radius 1 is 0.286 bits per heavy atom. The third-order valence-corrected chi connectivity index (χ3v) is 20.6. The Kier molecular flexibility index (Phi) is 11.1. The number of benzene rings is 12. The van der Waals surface area contributed by atoms with E-state index in [-0.39, 0.29) is 15.7 Å². The van der Waals surface area contributed by atoms with Gasteiger partial charge in [0.15, 0.2) is 0 Å². The lowest BCUT2D eigenvalue weighted by molar-refractivity contribution is 0.477. The lowest BCUT2D eigenvalue weighted by atomic mass is 9.21. The first-order valence-corrected chi connectivity index (χ1v) is 28.4. The van der Waals surface area contributed by atoms with E-state index in [1.165, 1.54) is 191 Å². The van der Waals surface area contributed by atoms with Gasteiger partial charge in [0.2, 0.25) is 0 Å².